The molecule has 0 bridgehead atoms. The van der Waals surface area contributed by atoms with Crippen LogP contribution in [-0.4, -0.2) is 11.2 Å². The van der Waals surface area contributed by atoms with Crippen LogP contribution < -0.4 is 0 Å². The average molecular weight is 232 g/mol. The molecule has 0 heterocycles. The Balaban J connectivity index is 3.08. The van der Waals surface area contributed by atoms with E-state index in [-0.39, 0.29) is 11.5 Å². The van der Waals surface area contributed by atoms with E-state index in [2.05, 4.69) is 52.0 Å². The van der Waals surface area contributed by atoms with Crippen LogP contribution in [0.25, 0.3) is 5.57 Å². The molecular formula is C16H24O. The largest absolute Gasteiger partial charge is 0.389 e. The molecule has 0 aromatic heterocycles. The number of aliphatic hydroxyl groups excluding tert-OH is 1. The molecule has 94 valence electrons. The van der Waals surface area contributed by atoms with Crippen molar-refractivity contribution in [1.82, 2.24) is 0 Å². The second-order valence-corrected chi connectivity index (χ2v) is 5.81. The Labute approximate surface area is 105 Å². The molecule has 0 aliphatic carbocycles. The molecule has 1 heteroatoms. The third kappa shape index (κ3) is 3.44. The summed E-state index contributed by atoms with van der Waals surface area (Å²) in [7, 11) is 0. The number of aliphatic hydroxyl groups is 1. The van der Waals surface area contributed by atoms with Crippen molar-refractivity contribution in [2.75, 3.05) is 0 Å². The summed E-state index contributed by atoms with van der Waals surface area (Å²) in [5.41, 5.74) is 4.92. The van der Waals surface area contributed by atoms with Gasteiger partial charge < -0.3 is 5.11 Å². The monoisotopic (exact) mass is 232 g/mol. The van der Waals surface area contributed by atoms with Crippen molar-refractivity contribution < 1.29 is 5.11 Å². The number of benzene rings is 1. The van der Waals surface area contributed by atoms with E-state index in [4.69, 9.17) is 0 Å². The van der Waals surface area contributed by atoms with Crippen molar-refractivity contribution in [2.45, 2.75) is 53.1 Å². The standard InChI is InChI=1S/C16H24O/c1-11(13(3)17)12(2)14-7-9-15(10-8-14)16(4,5)6/h7-10,13,17H,1-6H3. The molecule has 1 N–H and O–H groups in total. The molecule has 0 saturated carbocycles. The highest BCUT2D eigenvalue weighted by atomic mass is 16.3. The second-order valence-electron chi connectivity index (χ2n) is 5.81. The first-order valence-electron chi connectivity index (χ1n) is 6.20. The van der Waals surface area contributed by atoms with Gasteiger partial charge >= 0.3 is 0 Å². The lowest BCUT2D eigenvalue weighted by molar-refractivity contribution is 0.232. The summed E-state index contributed by atoms with van der Waals surface area (Å²) in [6.45, 7) is 12.5. The zero-order valence-electron chi connectivity index (χ0n) is 11.8. The summed E-state index contributed by atoms with van der Waals surface area (Å²) in [4.78, 5) is 0. The Hall–Kier alpha value is -1.08. The van der Waals surface area contributed by atoms with Crippen LogP contribution in [0.4, 0.5) is 0 Å². The third-order valence-electron chi connectivity index (χ3n) is 3.40. The molecule has 1 aromatic carbocycles. The lowest BCUT2D eigenvalue weighted by atomic mass is 9.86. The Morgan fingerprint density at radius 1 is 1.06 bits per heavy atom. The van der Waals surface area contributed by atoms with E-state index < -0.39 is 0 Å². The van der Waals surface area contributed by atoms with Gasteiger partial charge in [-0.1, -0.05) is 45.0 Å². The van der Waals surface area contributed by atoms with Gasteiger partial charge in [0.1, 0.15) is 0 Å². The molecule has 0 spiro atoms. The van der Waals surface area contributed by atoms with Crippen LogP contribution in [0.3, 0.4) is 0 Å². The van der Waals surface area contributed by atoms with Gasteiger partial charge in [0, 0.05) is 0 Å². The van der Waals surface area contributed by atoms with E-state index in [0.29, 0.717) is 0 Å². The molecule has 0 fully saturated rings. The van der Waals surface area contributed by atoms with Crippen LogP contribution >= 0.6 is 0 Å². The Morgan fingerprint density at radius 3 is 1.88 bits per heavy atom. The maximum atomic E-state index is 9.58. The number of hydrogen-bond donors (Lipinski definition) is 1. The Bertz CT molecular complexity index is 402. The fourth-order valence-electron chi connectivity index (χ4n) is 1.76. The van der Waals surface area contributed by atoms with Crippen LogP contribution in [0.1, 0.15) is 52.7 Å². The number of hydrogen-bond acceptors (Lipinski definition) is 1. The van der Waals surface area contributed by atoms with Crippen molar-refractivity contribution in [3.8, 4) is 0 Å². The molecule has 1 nitrogen and oxygen atoms in total. The van der Waals surface area contributed by atoms with Gasteiger partial charge in [-0.05, 0) is 48.5 Å². The molecule has 0 saturated heterocycles. The summed E-state index contributed by atoms with van der Waals surface area (Å²) < 4.78 is 0. The van der Waals surface area contributed by atoms with Gasteiger partial charge in [0.2, 0.25) is 0 Å². The average Bonchev–Trinajstić information content (AvgIpc) is 2.26. The highest BCUT2D eigenvalue weighted by Gasteiger charge is 2.13. The molecular weight excluding hydrogens is 208 g/mol. The maximum Gasteiger partial charge on any atom is 0.0725 e. The topological polar surface area (TPSA) is 20.2 Å². The third-order valence-corrected chi connectivity index (χ3v) is 3.40. The number of rotatable bonds is 2. The van der Waals surface area contributed by atoms with Crippen molar-refractivity contribution in [1.29, 1.82) is 0 Å². The summed E-state index contributed by atoms with van der Waals surface area (Å²) >= 11 is 0. The first-order chi connectivity index (χ1) is 7.73. The molecule has 0 amide bonds. The quantitative estimate of drug-likeness (QED) is 0.812. The van der Waals surface area contributed by atoms with E-state index in [9.17, 15) is 5.11 Å². The Kier molecular flexibility index (Phi) is 4.16. The SMILES string of the molecule is CC(=C(C)C(C)O)c1ccc(C(C)(C)C)cc1. The van der Waals surface area contributed by atoms with Crippen LogP contribution in [0.5, 0.6) is 0 Å². The number of allylic oxidation sites excluding steroid dienone is 1. The molecule has 0 aliphatic heterocycles. The van der Waals surface area contributed by atoms with E-state index in [1.54, 1.807) is 0 Å². The Morgan fingerprint density at radius 2 is 1.53 bits per heavy atom. The minimum absolute atomic E-state index is 0.190. The van der Waals surface area contributed by atoms with Crippen molar-refractivity contribution in [3.05, 3.63) is 41.0 Å². The lowest BCUT2D eigenvalue weighted by Gasteiger charge is -2.19. The van der Waals surface area contributed by atoms with Gasteiger partial charge in [-0.25, -0.2) is 0 Å². The zero-order chi connectivity index (χ0) is 13.2. The van der Waals surface area contributed by atoms with Crippen molar-refractivity contribution >= 4 is 5.57 Å². The van der Waals surface area contributed by atoms with Gasteiger partial charge in [-0.15, -0.1) is 0 Å². The van der Waals surface area contributed by atoms with Crippen LogP contribution in [0, 0.1) is 0 Å². The second kappa shape index (κ2) is 5.05. The minimum atomic E-state index is -0.378. The molecule has 1 unspecified atom stereocenters. The smallest absolute Gasteiger partial charge is 0.0725 e. The zero-order valence-corrected chi connectivity index (χ0v) is 11.8. The highest BCUT2D eigenvalue weighted by molar-refractivity contribution is 5.67. The normalized spacial score (nSPS) is 15.5. The molecule has 17 heavy (non-hydrogen) atoms. The molecule has 1 aromatic rings. The van der Waals surface area contributed by atoms with Crippen LogP contribution in [0.2, 0.25) is 0 Å². The van der Waals surface area contributed by atoms with E-state index in [1.807, 2.05) is 13.8 Å². The molecule has 1 rings (SSSR count). The molecule has 1 atom stereocenters. The summed E-state index contributed by atoms with van der Waals surface area (Å²) in [5.74, 6) is 0. The van der Waals surface area contributed by atoms with E-state index >= 15 is 0 Å². The van der Waals surface area contributed by atoms with Crippen molar-refractivity contribution in [3.63, 3.8) is 0 Å². The van der Waals surface area contributed by atoms with Gasteiger partial charge in [0.15, 0.2) is 0 Å². The van der Waals surface area contributed by atoms with Crippen molar-refractivity contribution in [2.24, 2.45) is 0 Å². The van der Waals surface area contributed by atoms with Gasteiger partial charge in [0.05, 0.1) is 6.10 Å². The molecule has 0 aliphatic rings. The van der Waals surface area contributed by atoms with Gasteiger partial charge in [-0.2, -0.15) is 0 Å². The highest BCUT2D eigenvalue weighted by Crippen LogP contribution is 2.25. The summed E-state index contributed by atoms with van der Waals surface area (Å²) in [5, 5.41) is 9.58. The van der Waals surface area contributed by atoms with Gasteiger partial charge in [0.25, 0.3) is 0 Å². The molecule has 0 radical (unpaired) electrons. The first-order valence-corrected chi connectivity index (χ1v) is 6.20. The predicted octanol–water partition coefficient (Wildman–Crippen LogP) is 4.16. The first kappa shape index (κ1) is 14.0. The van der Waals surface area contributed by atoms with Crippen LogP contribution in [-0.2, 0) is 5.41 Å². The summed E-state index contributed by atoms with van der Waals surface area (Å²) in [6, 6.07) is 8.63. The minimum Gasteiger partial charge on any atom is -0.389 e. The predicted molar refractivity (Wildman–Crippen MR) is 75.1 cm³/mol. The summed E-state index contributed by atoms with van der Waals surface area (Å²) in [6.07, 6.45) is -0.378. The maximum absolute atomic E-state index is 9.58. The van der Waals surface area contributed by atoms with Gasteiger partial charge in [-0.3, -0.25) is 0 Å². The van der Waals surface area contributed by atoms with Crippen LogP contribution in [0.15, 0.2) is 29.8 Å². The fourth-order valence-corrected chi connectivity index (χ4v) is 1.76. The van der Waals surface area contributed by atoms with E-state index in [1.165, 1.54) is 16.7 Å². The lowest BCUT2D eigenvalue weighted by Crippen LogP contribution is -2.10. The fraction of sp³-hybridized carbons (Fsp3) is 0.500. The van der Waals surface area contributed by atoms with E-state index in [0.717, 1.165) is 5.57 Å².